The summed E-state index contributed by atoms with van der Waals surface area (Å²) in [5.74, 6) is 1.70. The Morgan fingerprint density at radius 2 is 2.23 bits per heavy atom. The summed E-state index contributed by atoms with van der Waals surface area (Å²) in [5, 5.41) is 10.0. The molecule has 6 heteroatoms. The molecule has 1 aromatic heterocycles. The highest BCUT2D eigenvalue weighted by Gasteiger charge is 2.20. The van der Waals surface area contributed by atoms with Gasteiger partial charge in [-0.3, -0.25) is 4.99 Å². The van der Waals surface area contributed by atoms with Crippen molar-refractivity contribution < 1.29 is 4.74 Å². The number of guanidine groups is 1. The number of rotatable bonds is 10. The van der Waals surface area contributed by atoms with Crippen LogP contribution in [0.5, 0.6) is 0 Å². The van der Waals surface area contributed by atoms with Crippen LogP contribution in [-0.4, -0.2) is 44.3 Å². The number of hydrogen-bond donors (Lipinski definition) is 2. The Kier molecular flexibility index (Phi) is 7.66. The Hall–Kier alpha value is -1.14. The molecule has 0 bridgehead atoms. The first-order chi connectivity index (χ1) is 10.8. The topological polar surface area (TPSA) is 58.5 Å². The smallest absolute Gasteiger partial charge is 0.190 e. The highest BCUT2D eigenvalue weighted by molar-refractivity contribution is 7.09. The molecule has 0 aromatic carbocycles. The van der Waals surface area contributed by atoms with E-state index in [2.05, 4.69) is 32.9 Å². The predicted molar refractivity (Wildman–Crippen MR) is 92.7 cm³/mol. The molecule has 0 amide bonds. The third kappa shape index (κ3) is 6.75. The third-order valence-corrected chi connectivity index (χ3v) is 4.65. The van der Waals surface area contributed by atoms with Crippen LogP contribution in [0.25, 0.3) is 0 Å². The molecule has 1 aromatic rings. The molecule has 1 aliphatic rings. The van der Waals surface area contributed by atoms with Crippen LogP contribution in [0.3, 0.4) is 0 Å². The fraction of sp³-hybridized carbons (Fsp3) is 0.750. The van der Waals surface area contributed by atoms with Gasteiger partial charge in [0.1, 0.15) is 0 Å². The van der Waals surface area contributed by atoms with Crippen molar-refractivity contribution in [2.24, 2.45) is 10.9 Å². The van der Waals surface area contributed by atoms with E-state index in [1.807, 2.05) is 0 Å². The van der Waals surface area contributed by atoms with Gasteiger partial charge in [0.2, 0.25) is 0 Å². The van der Waals surface area contributed by atoms with Gasteiger partial charge in [-0.15, -0.1) is 11.3 Å². The van der Waals surface area contributed by atoms with Crippen LogP contribution in [0.2, 0.25) is 0 Å². The van der Waals surface area contributed by atoms with Crippen LogP contribution in [0, 0.1) is 5.92 Å². The SMILES string of the molecule is CCc1nc(CCNC(=NC)NCCCOCC2CC2)cs1. The number of aryl methyl sites for hydroxylation is 1. The van der Waals surface area contributed by atoms with E-state index in [1.165, 1.54) is 23.5 Å². The molecule has 0 aliphatic heterocycles. The van der Waals surface area contributed by atoms with Gasteiger partial charge < -0.3 is 15.4 Å². The Bertz CT molecular complexity index is 457. The standard InChI is InChI=1S/C16H28N4OS/c1-3-15-20-14(12-22-15)7-9-19-16(17-2)18-8-4-10-21-11-13-5-6-13/h12-13H,3-11H2,1-2H3,(H2,17,18,19). The fourth-order valence-corrected chi connectivity index (χ4v) is 2.85. The van der Waals surface area contributed by atoms with E-state index in [0.29, 0.717) is 0 Å². The Morgan fingerprint density at radius 3 is 2.91 bits per heavy atom. The van der Waals surface area contributed by atoms with Gasteiger partial charge in [-0.2, -0.15) is 0 Å². The summed E-state index contributed by atoms with van der Waals surface area (Å²) >= 11 is 1.74. The minimum Gasteiger partial charge on any atom is -0.381 e. The monoisotopic (exact) mass is 324 g/mol. The van der Waals surface area contributed by atoms with Crippen LogP contribution in [0.1, 0.15) is 36.9 Å². The Labute approximate surface area is 137 Å². The van der Waals surface area contributed by atoms with Crippen molar-refractivity contribution in [2.45, 2.75) is 39.0 Å². The maximum Gasteiger partial charge on any atom is 0.190 e. The lowest BCUT2D eigenvalue weighted by Crippen LogP contribution is -2.39. The zero-order chi connectivity index (χ0) is 15.6. The van der Waals surface area contributed by atoms with Crippen LogP contribution in [0.4, 0.5) is 0 Å². The van der Waals surface area contributed by atoms with Crippen LogP contribution in [-0.2, 0) is 17.6 Å². The van der Waals surface area contributed by atoms with Gasteiger partial charge >= 0.3 is 0 Å². The number of thiazole rings is 1. The molecule has 22 heavy (non-hydrogen) atoms. The summed E-state index contributed by atoms with van der Waals surface area (Å²) in [4.78, 5) is 8.80. The third-order valence-electron chi connectivity index (χ3n) is 3.61. The maximum atomic E-state index is 5.62. The fourth-order valence-electron chi connectivity index (χ4n) is 2.07. The molecule has 0 atom stereocenters. The number of aliphatic imine (C=N–C) groups is 1. The summed E-state index contributed by atoms with van der Waals surface area (Å²) in [7, 11) is 1.80. The van der Waals surface area contributed by atoms with Crippen LogP contribution in [0.15, 0.2) is 10.4 Å². The lowest BCUT2D eigenvalue weighted by molar-refractivity contribution is 0.123. The molecule has 1 heterocycles. The Morgan fingerprint density at radius 1 is 1.41 bits per heavy atom. The minimum absolute atomic E-state index is 0.832. The van der Waals surface area contributed by atoms with Crippen LogP contribution >= 0.6 is 11.3 Å². The molecule has 1 fully saturated rings. The van der Waals surface area contributed by atoms with Crippen molar-refractivity contribution in [1.82, 2.24) is 15.6 Å². The zero-order valence-corrected chi connectivity index (χ0v) is 14.5. The van der Waals surface area contributed by atoms with Gasteiger partial charge in [0.05, 0.1) is 10.7 Å². The second kappa shape index (κ2) is 9.79. The largest absolute Gasteiger partial charge is 0.381 e. The van der Waals surface area contributed by atoms with E-state index in [9.17, 15) is 0 Å². The molecule has 1 aliphatic carbocycles. The lowest BCUT2D eigenvalue weighted by Gasteiger charge is -2.11. The molecule has 2 rings (SSSR count). The molecule has 1 saturated carbocycles. The molecular formula is C16H28N4OS. The van der Waals surface area contributed by atoms with Gasteiger partial charge in [0.15, 0.2) is 5.96 Å². The number of ether oxygens (including phenoxy) is 1. The number of hydrogen-bond acceptors (Lipinski definition) is 4. The van der Waals surface area contributed by atoms with E-state index in [1.54, 1.807) is 18.4 Å². The summed E-state index contributed by atoms with van der Waals surface area (Å²) in [6.07, 6.45) is 5.67. The molecule has 5 nitrogen and oxygen atoms in total. The molecule has 0 radical (unpaired) electrons. The summed E-state index contributed by atoms with van der Waals surface area (Å²) < 4.78 is 5.62. The lowest BCUT2D eigenvalue weighted by atomic mass is 10.3. The number of nitrogens with zero attached hydrogens (tertiary/aromatic N) is 2. The maximum absolute atomic E-state index is 5.62. The van der Waals surface area contributed by atoms with Gasteiger partial charge in [0.25, 0.3) is 0 Å². The summed E-state index contributed by atoms with van der Waals surface area (Å²) in [5.41, 5.74) is 1.17. The molecule has 2 N–H and O–H groups in total. The van der Waals surface area contributed by atoms with Gasteiger partial charge in [0, 0.05) is 45.2 Å². The number of nitrogens with one attached hydrogen (secondary N) is 2. The Balaban J connectivity index is 1.50. The molecule has 124 valence electrons. The second-order valence-corrected chi connectivity index (χ2v) is 6.58. The van der Waals surface area contributed by atoms with E-state index in [-0.39, 0.29) is 0 Å². The summed E-state index contributed by atoms with van der Waals surface area (Å²) in [6, 6.07) is 0. The van der Waals surface area contributed by atoms with E-state index in [4.69, 9.17) is 4.74 Å². The van der Waals surface area contributed by atoms with Crippen molar-refractivity contribution in [2.75, 3.05) is 33.4 Å². The van der Waals surface area contributed by atoms with Gasteiger partial charge in [-0.05, 0) is 31.6 Å². The highest BCUT2D eigenvalue weighted by Crippen LogP contribution is 2.28. The van der Waals surface area contributed by atoms with E-state index in [0.717, 1.165) is 57.4 Å². The van der Waals surface area contributed by atoms with Crippen molar-refractivity contribution in [1.29, 1.82) is 0 Å². The van der Waals surface area contributed by atoms with Gasteiger partial charge in [-0.1, -0.05) is 6.92 Å². The second-order valence-electron chi connectivity index (χ2n) is 5.63. The first kappa shape index (κ1) is 17.2. The highest BCUT2D eigenvalue weighted by atomic mass is 32.1. The number of aromatic nitrogens is 1. The van der Waals surface area contributed by atoms with Crippen molar-refractivity contribution >= 4 is 17.3 Å². The quantitative estimate of drug-likeness (QED) is 0.394. The molecule has 0 spiro atoms. The molecular weight excluding hydrogens is 296 g/mol. The van der Waals surface area contributed by atoms with Crippen molar-refractivity contribution in [3.05, 3.63) is 16.1 Å². The van der Waals surface area contributed by atoms with Crippen molar-refractivity contribution in [3.63, 3.8) is 0 Å². The first-order valence-electron chi connectivity index (χ1n) is 8.27. The predicted octanol–water partition coefficient (Wildman–Crippen LogP) is 2.23. The first-order valence-corrected chi connectivity index (χ1v) is 9.15. The van der Waals surface area contributed by atoms with Crippen molar-refractivity contribution in [3.8, 4) is 0 Å². The average Bonchev–Trinajstić information content (AvgIpc) is 3.25. The normalized spacial score (nSPS) is 15.1. The van der Waals surface area contributed by atoms with E-state index < -0.39 is 0 Å². The zero-order valence-electron chi connectivity index (χ0n) is 13.7. The molecule has 0 saturated heterocycles. The minimum atomic E-state index is 0.832. The van der Waals surface area contributed by atoms with E-state index >= 15 is 0 Å². The summed E-state index contributed by atoms with van der Waals surface area (Å²) in [6.45, 7) is 5.66. The average molecular weight is 324 g/mol. The molecule has 0 unspecified atom stereocenters. The van der Waals surface area contributed by atoms with Gasteiger partial charge in [-0.25, -0.2) is 4.98 Å². The van der Waals surface area contributed by atoms with Crippen LogP contribution < -0.4 is 10.6 Å².